The van der Waals surface area contributed by atoms with Gasteiger partial charge in [-0.15, -0.1) is 10.2 Å². The van der Waals surface area contributed by atoms with Gasteiger partial charge >= 0.3 is 0 Å². The summed E-state index contributed by atoms with van der Waals surface area (Å²) in [5.41, 5.74) is 0.833. The van der Waals surface area contributed by atoms with E-state index in [1.165, 1.54) is 0 Å². The van der Waals surface area contributed by atoms with Gasteiger partial charge < -0.3 is 10.2 Å². The molecule has 0 aliphatic heterocycles. The Morgan fingerprint density at radius 1 is 1.33 bits per heavy atom. The highest BCUT2D eigenvalue weighted by molar-refractivity contribution is 5.63. The maximum atomic E-state index is 4.47. The quantitative estimate of drug-likeness (QED) is 0.822. The van der Waals surface area contributed by atoms with Crippen molar-refractivity contribution >= 4 is 11.5 Å². The third-order valence-electron chi connectivity index (χ3n) is 2.90. The van der Waals surface area contributed by atoms with E-state index in [4.69, 9.17) is 0 Å². The molecule has 0 unspecified atom stereocenters. The number of aryl methyl sites for hydroxylation is 1. The molecule has 0 aliphatic carbocycles. The van der Waals surface area contributed by atoms with Crippen molar-refractivity contribution in [3.63, 3.8) is 0 Å². The molecule has 1 N–H and O–H groups in total. The van der Waals surface area contributed by atoms with Crippen molar-refractivity contribution in [2.75, 3.05) is 31.6 Å². The average molecular weight is 248 g/mol. The van der Waals surface area contributed by atoms with Crippen molar-refractivity contribution in [3.8, 4) is 0 Å². The Morgan fingerprint density at radius 2 is 2.17 bits per heavy atom. The van der Waals surface area contributed by atoms with Gasteiger partial charge in [0.2, 0.25) is 5.65 Å². The van der Waals surface area contributed by atoms with Crippen LogP contribution < -0.4 is 10.2 Å². The molecule has 0 saturated heterocycles. The molecule has 0 atom stereocenters. The Labute approximate surface area is 107 Å². The van der Waals surface area contributed by atoms with Gasteiger partial charge in [0.05, 0.1) is 0 Å². The first-order valence-electron chi connectivity index (χ1n) is 6.33. The minimum absolute atomic E-state index is 0.833. The standard InChI is InChI=1S/C12H20N6/c1-4-7-17(8-5-13-3)11-12-16-15-10(2)18(12)9-6-14-11/h6,9,13H,4-5,7-8H2,1-3H3. The summed E-state index contributed by atoms with van der Waals surface area (Å²) in [5.74, 6) is 1.80. The first-order valence-corrected chi connectivity index (χ1v) is 6.33. The zero-order chi connectivity index (χ0) is 13.0. The highest BCUT2D eigenvalue weighted by Crippen LogP contribution is 2.17. The molecule has 6 heteroatoms. The van der Waals surface area contributed by atoms with Gasteiger partial charge in [-0.05, 0) is 20.4 Å². The second kappa shape index (κ2) is 5.77. The van der Waals surface area contributed by atoms with Crippen LogP contribution >= 0.6 is 0 Å². The largest absolute Gasteiger partial charge is 0.352 e. The fourth-order valence-corrected chi connectivity index (χ4v) is 1.99. The zero-order valence-electron chi connectivity index (χ0n) is 11.2. The summed E-state index contributed by atoms with van der Waals surface area (Å²) in [6.45, 7) is 6.93. The van der Waals surface area contributed by atoms with Crippen molar-refractivity contribution in [2.45, 2.75) is 20.3 Å². The molecule has 0 aliphatic rings. The summed E-state index contributed by atoms with van der Waals surface area (Å²) >= 11 is 0. The van der Waals surface area contributed by atoms with E-state index in [0.29, 0.717) is 0 Å². The first kappa shape index (κ1) is 12.8. The second-order valence-corrected chi connectivity index (χ2v) is 4.28. The van der Waals surface area contributed by atoms with E-state index in [1.54, 1.807) is 6.20 Å². The minimum atomic E-state index is 0.833. The number of hydrogen-bond donors (Lipinski definition) is 1. The zero-order valence-corrected chi connectivity index (χ0v) is 11.2. The van der Waals surface area contributed by atoms with Gasteiger partial charge in [-0.1, -0.05) is 6.92 Å². The summed E-state index contributed by atoms with van der Waals surface area (Å²) in [7, 11) is 1.96. The molecule has 2 rings (SSSR count). The van der Waals surface area contributed by atoms with Gasteiger partial charge in [0.15, 0.2) is 5.82 Å². The number of nitrogens with one attached hydrogen (secondary N) is 1. The van der Waals surface area contributed by atoms with E-state index < -0.39 is 0 Å². The van der Waals surface area contributed by atoms with Gasteiger partial charge in [0.25, 0.3) is 0 Å². The lowest BCUT2D eigenvalue weighted by Gasteiger charge is -2.22. The number of anilines is 1. The molecule has 2 heterocycles. The van der Waals surface area contributed by atoms with E-state index in [1.807, 2.05) is 24.6 Å². The van der Waals surface area contributed by atoms with Crippen LogP contribution in [0.3, 0.4) is 0 Å². The van der Waals surface area contributed by atoms with Crippen LogP contribution in [0.2, 0.25) is 0 Å². The lowest BCUT2D eigenvalue weighted by molar-refractivity contribution is 0.702. The smallest absolute Gasteiger partial charge is 0.203 e. The fourth-order valence-electron chi connectivity index (χ4n) is 1.99. The number of nitrogens with zero attached hydrogens (tertiary/aromatic N) is 5. The molecule has 6 nitrogen and oxygen atoms in total. The van der Waals surface area contributed by atoms with Gasteiger partial charge in [-0.25, -0.2) is 4.98 Å². The van der Waals surface area contributed by atoms with Crippen LogP contribution in [0.5, 0.6) is 0 Å². The Kier molecular flexibility index (Phi) is 4.09. The lowest BCUT2D eigenvalue weighted by atomic mass is 10.4. The van der Waals surface area contributed by atoms with Gasteiger partial charge in [-0.2, -0.15) is 0 Å². The number of aromatic nitrogens is 4. The van der Waals surface area contributed by atoms with Crippen LogP contribution in [0.25, 0.3) is 5.65 Å². The van der Waals surface area contributed by atoms with Crippen molar-refractivity contribution in [1.29, 1.82) is 0 Å². The number of fused-ring (bicyclic) bond motifs is 1. The summed E-state index contributed by atoms with van der Waals surface area (Å²) in [5, 5.41) is 11.5. The molecule has 0 amide bonds. The Balaban J connectivity index is 2.36. The van der Waals surface area contributed by atoms with Crippen LogP contribution in [-0.2, 0) is 0 Å². The number of likely N-dealkylation sites (N-methyl/N-ethyl adjacent to an activating group) is 1. The van der Waals surface area contributed by atoms with Crippen molar-refractivity contribution in [3.05, 3.63) is 18.2 Å². The predicted octanol–water partition coefficient (Wildman–Crippen LogP) is 0.869. The highest BCUT2D eigenvalue weighted by atomic mass is 15.3. The fraction of sp³-hybridized carbons (Fsp3) is 0.583. The molecular formula is C12H20N6. The highest BCUT2D eigenvalue weighted by Gasteiger charge is 2.13. The van der Waals surface area contributed by atoms with Gasteiger partial charge in [-0.3, -0.25) is 4.40 Å². The Hall–Kier alpha value is -1.69. The molecule has 2 aromatic heterocycles. The molecule has 2 aromatic rings. The normalized spacial score (nSPS) is 11.1. The van der Waals surface area contributed by atoms with Crippen LogP contribution in [0, 0.1) is 6.92 Å². The Morgan fingerprint density at radius 3 is 2.89 bits per heavy atom. The topological polar surface area (TPSA) is 58.4 Å². The lowest BCUT2D eigenvalue weighted by Crippen LogP contribution is -2.32. The number of rotatable bonds is 6. The van der Waals surface area contributed by atoms with Crippen LogP contribution in [0.4, 0.5) is 5.82 Å². The first-order chi connectivity index (χ1) is 8.77. The molecule has 0 bridgehead atoms. The van der Waals surface area contributed by atoms with E-state index in [0.717, 1.165) is 43.3 Å². The van der Waals surface area contributed by atoms with Crippen LogP contribution in [0.1, 0.15) is 19.2 Å². The van der Waals surface area contributed by atoms with Crippen LogP contribution in [0.15, 0.2) is 12.4 Å². The average Bonchev–Trinajstić information content (AvgIpc) is 2.77. The third kappa shape index (κ3) is 2.43. The van der Waals surface area contributed by atoms with E-state index >= 15 is 0 Å². The van der Waals surface area contributed by atoms with Crippen molar-refractivity contribution in [1.82, 2.24) is 24.9 Å². The van der Waals surface area contributed by atoms with E-state index in [9.17, 15) is 0 Å². The SMILES string of the molecule is CCCN(CCNC)c1nccn2c(C)nnc12. The molecule has 0 fully saturated rings. The molecule has 0 saturated carbocycles. The maximum Gasteiger partial charge on any atom is 0.203 e. The maximum absolute atomic E-state index is 4.47. The van der Waals surface area contributed by atoms with E-state index in [-0.39, 0.29) is 0 Å². The third-order valence-corrected chi connectivity index (χ3v) is 2.90. The number of hydrogen-bond acceptors (Lipinski definition) is 5. The van der Waals surface area contributed by atoms with Gasteiger partial charge in [0.1, 0.15) is 5.82 Å². The van der Waals surface area contributed by atoms with Gasteiger partial charge in [0, 0.05) is 32.0 Å². The second-order valence-electron chi connectivity index (χ2n) is 4.28. The van der Waals surface area contributed by atoms with Crippen molar-refractivity contribution in [2.24, 2.45) is 0 Å². The molecule has 0 aromatic carbocycles. The van der Waals surface area contributed by atoms with Crippen LogP contribution in [-0.4, -0.2) is 46.3 Å². The molecule has 18 heavy (non-hydrogen) atoms. The molecule has 98 valence electrons. The monoisotopic (exact) mass is 248 g/mol. The molecule has 0 spiro atoms. The molecular weight excluding hydrogens is 228 g/mol. The summed E-state index contributed by atoms with van der Waals surface area (Å²) in [6, 6.07) is 0. The molecule has 0 radical (unpaired) electrons. The summed E-state index contributed by atoms with van der Waals surface area (Å²) in [6.07, 6.45) is 4.79. The van der Waals surface area contributed by atoms with E-state index in [2.05, 4.69) is 32.3 Å². The van der Waals surface area contributed by atoms with Crippen molar-refractivity contribution < 1.29 is 0 Å². The minimum Gasteiger partial charge on any atom is -0.352 e. The summed E-state index contributed by atoms with van der Waals surface area (Å²) in [4.78, 5) is 6.72. The summed E-state index contributed by atoms with van der Waals surface area (Å²) < 4.78 is 1.98. The Bertz CT molecular complexity index is 506. The predicted molar refractivity (Wildman–Crippen MR) is 71.9 cm³/mol.